The Balaban J connectivity index is 1.87. The minimum absolute atomic E-state index is 0.0362. The highest BCUT2D eigenvalue weighted by Crippen LogP contribution is 2.28. The third-order valence-corrected chi connectivity index (χ3v) is 5.02. The van der Waals surface area contributed by atoms with Gasteiger partial charge >= 0.3 is 6.03 Å². The second-order valence-corrected chi connectivity index (χ2v) is 8.27. The Morgan fingerprint density at radius 2 is 1.90 bits per heavy atom. The molecule has 1 aromatic carbocycles. The van der Waals surface area contributed by atoms with E-state index in [1.54, 1.807) is 23.7 Å². The molecule has 1 aliphatic rings. The van der Waals surface area contributed by atoms with E-state index in [-0.39, 0.29) is 31.2 Å². The van der Waals surface area contributed by atoms with Crippen LogP contribution in [0.15, 0.2) is 24.3 Å². The number of aromatic hydroxyl groups is 1. The minimum atomic E-state index is -0.629. The summed E-state index contributed by atoms with van der Waals surface area (Å²) in [7, 11) is 0. The molecule has 5 N–H and O–H groups in total. The van der Waals surface area contributed by atoms with Crippen LogP contribution in [0.1, 0.15) is 39.5 Å². The SMILES string of the molecule is CC(C)(CNC(=O)Nc1ccccc1O)CC(=O)N(CC(=O)NO)CC1CCC1. The van der Waals surface area contributed by atoms with Crippen LogP contribution in [0, 0.1) is 11.3 Å². The smallest absolute Gasteiger partial charge is 0.319 e. The van der Waals surface area contributed by atoms with E-state index in [1.165, 1.54) is 11.0 Å². The Morgan fingerprint density at radius 3 is 2.48 bits per heavy atom. The summed E-state index contributed by atoms with van der Waals surface area (Å²) in [5, 5.41) is 23.8. The van der Waals surface area contributed by atoms with Crippen LogP contribution in [0.4, 0.5) is 10.5 Å². The van der Waals surface area contributed by atoms with Crippen LogP contribution in [-0.4, -0.2) is 52.7 Å². The summed E-state index contributed by atoms with van der Waals surface area (Å²) >= 11 is 0. The highest BCUT2D eigenvalue weighted by atomic mass is 16.5. The molecule has 2 rings (SSSR count). The maximum atomic E-state index is 12.8. The molecule has 9 heteroatoms. The van der Waals surface area contributed by atoms with Crippen molar-refractivity contribution in [3.63, 3.8) is 0 Å². The molecule has 0 aliphatic heterocycles. The fraction of sp³-hybridized carbons (Fsp3) is 0.550. The van der Waals surface area contributed by atoms with Gasteiger partial charge in [0, 0.05) is 19.5 Å². The molecule has 0 bridgehead atoms. The van der Waals surface area contributed by atoms with E-state index in [0.29, 0.717) is 18.2 Å². The number of anilines is 1. The van der Waals surface area contributed by atoms with Crippen LogP contribution in [0.2, 0.25) is 0 Å². The molecule has 9 nitrogen and oxygen atoms in total. The summed E-state index contributed by atoms with van der Waals surface area (Å²) in [5.41, 5.74) is 1.31. The van der Waals surface area contributed by atoms with Gasteiger partial charge in [-0.05, 0) is 36.3 Å². The molecule has 29 heavy (non-hydrogen) atoms. The molecule has 0 saturated heterocycles. The van der Waals surface area contributed by atoms with E-state index >= 15 is 0 Å². The molecule has 1 aromatic rings. The van der Waals surface area contributed by atoms with Gasteiger partial charge in [0.2, 0.25) is 5.91 Å². The number of rotatable bonds is 9. The van der Waals surface area contributed by atoms with Gasteiger partial charge in [-0.1, -0.05) is 32.4 Å². The van der Waals surface area contributed by atoms with Crippen LogP contribution in [-0.2, 0) is 9.59 Å². The first kappa shape index (κ1) is 22.5. The van der Waals surface area contributed by atoms with Crippen LogP contribution in [0.3, 0.4) is 0 Å². The zero-order valence-electron chi connectivity index (χ0n) is 16.9. The highest BCUT2D eigenvalue weighted by molar-refractivity contribution is 5.91. The largest absolute Gasteiger partial charge is 0.506 e. The maximum absolute atomic E-state index is 12.8. The fourth-order valence-electron chi connectivity index (χ4n) is 3.10. The zero-order valence-corrected chi connectivity index (χ0v) is 16.9. The van der Waals surface area contributed by atoms with E-state index in [1.807, 2.05) is 13.8 Å². The topological polar surface area (TPSA) is 131 Å². The quantitative estimate of drug-likeness (QED) is 0.243. The van der Waals surface area contributed by atoms with Crippen molar-refractivity contribution in [2.45, 2.75) is 39.5 Å². The number of nitrogens with zero attached hydrogens (tertiary/aromatic N) is 1. The van der Waals surface area contributed by atoms with E-state index in [4.69, 9.17) is 5.21 Å². The molecule has 0 unspecified atom stereocenters. The number of phenolic OH excluding ortho intramolecular Hbond substituents is 1. The summed E-state index contributed by atoms with van der Waals surface area (Å²) in [6.07, 6.45) is 3.32. The van der Waals surface area contributed by atoms with E-state index in [0.717, 1.165) is 19.3 Å². The number of phenols is 1. The molecule has 0 heterocycles. The predicted octanol–water partition coefficient (Wildman–Crippen LogP) is 2.06. The summed E-state index contributed by atoms with van der Waals surface area (Å²) < 4.78 is 0. The van der Waals surface area contributed by atoms with Gasteiger partial charge in [-0.25, -0.2) is 10.3 Å². The number of hydrogen-bond donors (Lipinski definition) is 5. The van der Waals surface area contributed by atoms with Crippen LogP contribution in [0.5, 0.6) is 5.75 Å². The Morgan fingerprint density at radius 1 is 1.21 bits per heavy atom. The number of amides is 4. The van der Waals surface area contributed by atoms with Gasteiger partial charge in [-0.3, -0.25) is 14.8 Å². The molecule has 0 radical (unpaired) electrons. The Kier molecular flexibility index (Phi) is 7.83. The van der Waals surface area contributed by atoms with Crippen molar-refractivity contribution in [2.24, 2.45) is 11.3 Å². The average Bonchev–Trinajstić information content (AvgIpc) is 2.63. The Bertz CT molecular complexity index is 733. The predicted molar refractivity (Wildman–Crippen MR) is 107 cm³/mol. The lowest BCUT2D eigenvalue weighted by molar-refractivity contribution is -0.141. The molecule has 0 spiro atoms. The first-order chi connectivity index (χ1) is 13.7. The summed E-state index contributed by atoms with van der Waals surface area (Å²) in [5.74, 6) is -0.481. The van der Waals surface area contributed by atoms with Crippen molar-refractivity contribution < 1.29 is 24.7 Å². The number of benzene rings is 1. The van der Waals surface area contributed by atoms with Crippen molar-refractivity contribution in [1.82, 2.24) is 15.7 Å². The molecule has 160 valence electrons. The number of carbonyl (C=O) groups excluding carboxylic acids is 3. The highest BCUT2D eigenvalue weighted by Gasteiger charge is 2.29. The molecular weight excluding hydrogens is 376 g/mol. The van der Waals surface area contributed by atoms with Crippen LogP contribution >= 0.6 is 0 Å². The maximum Gasteiger partial charge on any atom is 0.319 e. The van der Waals surface area contributed by atoms with Crippen molar-refractivity contribution in [3.8, 4) is 5.75 Å². The van der Waals surface area contributed by atoms with Gasteiger partial charge in [0.15, 0.2) is 0 Å². The lowest BCUT2D eigenvalue weighted by atomic mass is 9.84. The molecule has 1 fully saturated rings. The third-order valence-electron chi connectivity index (χ3n) is 5.02. The van der Waals surface area contributed by atoms with E-state index in [2.05, 4.69) is 10.6 Å². The second kappa shape index (κ2) is 10.1. The molecular formula is C20H30N4O5. The van der Waals surface area contributed by atoms with Gasteiger partial charge in [-0.15, -0.1) is 0 Å². The van der Waals surface area contributed by atoms with Crippen molar-refractivity contribution in [1.29, 1.82) is 0 Å². The average molecular weight is 406 g/mol. The van der Waals surface area contributed by atoms with Crippen molar-refractivity contribution in [3.05, 3.63) is 24.3 Å². The van der Waals surface area contributed by atoms with Crippen molar-refractivity contribution >= 4 is 23.5 Å². The van der Waals surface area contributed by atoms with Gasteiger partial charge in [-0.2, -0.15) is 0 Å². The molecule has 0 aromatic heterocycles. The fourth-order valence-corrected chi connectivity index (χ4v) is 3.10. The summed E-state index contributed by atoms with van der Waals surface area (Å²) in [6.45, 7) is 4.21. The molecule has 4 amide bonds. The van der Waals surface area contributed by atoms with Crippen LogP contribution < -0.4 is 16.1 Å². The minimum Gasteiger partial charge on any atom is -0.506 e. The van der Waals surface area contributed by atoms with Gasteiger partial charge in [0.1, 0.15) is 12.3 Å². The lowest BCUT2D eigenvalue weighted by Crippen LogP contribution is -2.46. The van der Waals surface area contributed by atoms with Gasteiger partial charge in [0.05, 0.1) is 5.69 Å². The molecule has 0 atom stereocenters. The lowest BCUT2D eigenvalue weighted by Gasteiger charge is -2.34. The summed E-state index contributed by atoms with van der Waals surface area (Å²) in [4.78, 5) is 37.9. The number of carbonyl (C=O) groups is 3. The molecule has 1 saturated carbocycles. The monoisotopic (exact) mass is 406 g/mol. The first-order valence-electron chi connectivity index (χ1n) is 9.74. The normalized spacial score (nSPS) is 13.9. The summed E-state index contributed by atoms with van der Waals surface area (Å²) in [6, 6.07) is 5.90. The number of hydroxylamine groups is 1. The number of para-hydroxylation sites is 2. The Labute approximate surface area is 170 Å². The number of urea groups is 1. The first-order valence-corrected chi connectivity index (χ1v) is 9.74. The van der Waals surface area contributed by atoms with Crippen molar-refractivity contribution in [2.75, 3.05) is 25.0 Å². The second-order valence-electron chi connectivity index (χ2n) is 8.27. The number of nitrogens with one attached hydrogen (secondary N) is 3. The van der Waals surface area contributed by atoms with E-state index in [9.17, 15) is 19.5 Å². The standard InChI is InChI=1S/C20H30N4O5/c1-20(2,13-21-19(28)22-15-8-3-4-9-16(15)25)10-18(27)24(12-17(26)23-29)11-14-6-5-7-14/h3-4,8-9,14,25,29H,5-7,10-13H2,1-2H3,(H,23,26)(H2,21,22,28). The van der Waals surface area contributed by atoms with Crippen LogP contribution in [0.25, 0.3) is 0 Å². The third kappa shape index (κ3) is 7.26. The Hall–Kier alpha value is -2.81. The number of hydrogen-bond acceptors (Lipinski definition) is 5. The van der Waals surface area contributed by atoms with Gasteiger partial charge in [0.25, 0.3) is 5.91 Å². The molecule has 1 aliphatic carbocycles. The van der Waals surface area contributed by atoms with E-state index < -0.39 is 17.4 Å². The van der Waals surface area contributed by atoms with Gasteiger partial charge < -0.3 is 20.6 Å². The zero-order chi connectivity index (χ0) is 21.4.